The third-order valence-corrected chi connectivity index (χ3v) is 5.56. The van der Waals surface area contributed by atoms with Crippen LogP contribution in [-0.4, -0.2) is 43.9 Å². The van der Waals surface area contributed by atoms with Crippen LogP contribution < -0.4 is 29.6 Å². The minimum absolute atomic E-state index is 0. The van der Waals surface area contributed by atoms with Crippen molar-refractivity contribution in [3.05, 3.63) is 0 Å². The van der Waals surface area contributed by atoms with E-state index in [0.29, 0.717) is 18.8 Å². The first-order valence-corrected chi connectivity index (χ1v) is 8.74. The van der Waals surface area contributed by atoms with Gasteiger partial charge in [-0.2, -0.15) is 8.42 Å². The maximum Gasteiger partial charge on any atom is 1.00 e. The molecular weight excluding hydrogens is 335 g/mol. The van der Waals surface area contributed by atoms with E-state index in [2.05, 4.69) is 9.47 Å². The average Bonchev–Trinajstić information content (AvgIpc) is 2.48. The molecule has 1 N–H and O–H groups in total. The maximum absolute atomic E-state index is 12.0. The van der Waals surface area contributed by atoms with Gasteiger partial charge in [0.15, 0.2) is 0 Å². The normalized spacial score (nSPS) is 13.8. The van der Waals surface area contributed by atoms with Crippen LogP contribution in [0.25, 0.3) is 0 Å². The van der Waals surface area contributed by atoms with Crippen LogP contribution >= 0.6 is 0 Å². The molecule has 0 rings (SSSR count). The second kappa shape index (κ2) is 11.4. The first kappa shape index (κ1) is 25.1. The van der Waals surface area contributed by atoms with E-state index in [1.54, 1.807) is 0 Å². The predicted octanol–water partition coefficient (Wildman–Crippen LogP) is -0.928. The molecule has 0 heterocycles. The van der Waals surface area contributed by atoms with Crippen LogP contribution in [0.5, 0.6) is 0 Å². The van der Waals surface area contributed by atoms with Gasteiger partial charge in [0.1, 0.15) is 0 Å². The molecule has 0 aliphatic rings. The van der Waals surface area contributed by atoms with Crippen LogP contribution in [0.4, 0.5) is 0 Å². The fourth-order valence-corrected chi connectivity index (χ4v) is 3.45. The summed E-state index contributed by atoms with van der Waals surface area (Å²) in [4.78, 5) is 23.5. The Balaban J connectivity index is -0.00000220. The van der Waals surface area contributed by atoms with E-state index in [1.807, 2.05) is 13.8 Å². The number of hydrogen-bond donors (Lipinski definition) is 1. The van der Waals surface area contributed by atoms with E-state index >= 15 is 0 Å². The largest absolute Gasteiger partial charge is 1.00 e. The third kappa shape index (κ3) is 7.09. The number of hydrogen-bond acceptors (Lipinski definition) is 6. The smallest absolute Gasteiger partial charge is 1.00 e. The van der Waals surface area contributed by atoms with Gasteiger partial charge >= 0.3 is 41.5 Å². The number of ether oxygens (including phenoxy) is 2. The standard InChI is InChI=1S/C14H26O7S.Na.H/c1-5-11(6-2)8-7-9-14(13(16)21-4,22(17,18)19)10-12(15)20-3;;/h11H,5-10H2,1-4H3,(H,17,18,19);;/q;+1;-1. The first-order chi connectivity index (χ1) is 10.2. The first-order valence-electron chi connectivity index (χ1n) is 7.30. The van der Waals surface area contributed by atoms with Crippen molar-refractivity contribution < 1.29 is 63.0 Å². The molecule has 0 spiro atoms. The number of carbonyl (C=O) groups excluding carboxylic acids is 2. The van der Waals surface area contributed by atoms with E-state index in [1.165, 1.54) is 0 Å². The van der Waals surface area contributed by atoms with Crippen LogP contribution in [0.2, 0.25) is 0 Å². The molecule has 0 aromatic carbocycles. The molecule has 0 saturated carbocycles. The Labute approximate surface area is 162 Å². The van der Waals surface area contributed by atoms with Crippen LogP contribution in [0.1, 0.15) is 53.8 Å². The molecule has 9 heteroatoms. The van der Waals surface area contributed by atoms with Crippen molar-refractivity contribution in [3.63, 3.8) is 0 Å². The Morgan fingerprint density at radius 1 is 1.17 bits per heavy atom. The molecule has 132 valence electrons. The Morgan fingerprint density at radius 3 is 2.04 bits per heavy atom. The predicted molar refractivity (Wildman–Crippen MR) is 82.0 cm³/mol. The van der Waals surface area contributed by atoms with Gasteiger partial charge in [-0.15, -0.1) is 0 Å². The molecule has 23 heavy (non-hydrogen) atoms. The third-order valence-electron chi connectivity index (χ3n) is 4.06. The summed E-state index contributed by atoms with van der Waals surface area (Å²) >= 11 is 0. The molecule has 7 nitrogen and oxygen atoms in total. The zero-order chi connectivity index (χ0) is 17.4. The summed E-state index contributed by atoms with van der Waals surface area (Å²) in [7, 11) is -2.73. The van der Waals surface area contributed by atoms with Gasteiger partial charge in [-0.3, -0.25) is 14.1 Å². The Hall–Kier alpha value is -0.150. The molecule has 0 aromatic heterocycles. The van der Waals surface area contributed by atoms with E-state index < -0.39 is 33.2 Å². The molecule has 0 bridgehead atoms. The van der Waals surface area contributed by atoms with Crippen molar-refractivity contribution in [1.82, 2.24) is 0 Å². The summed E-state index contributed by atoms with van der Waals surface area (Å²) in [6, 6.07) is 0. The Bertz CT molecular complexity index is 480. The van der Waals surface area contributed by atoms with Gasteiger partial charge in [0, 0.05) is 0 Å². The van der Waals surface area contributed by atoms with E-state index in [4.69, 9.17) is 0 Å². The summed E-state index contributed by atoms with van der Waals surface area (Å²) in [5, 5.41) is 0. The average molecular weight is 362 g/mol. The molecule has 0 aliphatic heterocycles. The second-order valence-electron chi connectivity index (χ2n) is 5.29. The van der Waals surface area contributed by atoms with Gasteiger partial charge in [0.05, 0.1) is 20.6 Å². The van der Waals surface area contributed by atoms with Crippen molar-refractivity contribution in [3.8, 4) is 0 Å². The minimum atomic E-state index is -4.83. The fourth-order valence-electron chi connectivity index (χ4n) is 2.45. The van der Waals surface area contributed by atoms with Crippen molar-refractivity contribution in [2.24, 2.45) is 5.92 Å². The molecule has 0 aliphatic carbocycles. The zero-order valence-electron chi connectivity index (χ0n) is 15.6. The van der Waals surface area contributed by atoms with Crippen LogP contribution in [-0.2, 0) is 29.2 Å². The van der Waals surface area contributed by atoms with E-state index in [-0.39, 0.29) is 37.4 Å². The van der Waals surface area contributed by atoms with Gasteiger partial charge in [0.25, 0.3) is 10.1 Å². The second-order valence-corrected chi connectivity index (χ2v) is 7.02. The number of carbonyl (C=O) groups is 2. The van der Waals surface area contributed by atoms with E-state index in [9.17, 15) is 22.6 Å². The quantitative estimate of drug-likeness (QED) is 0.304. The van der Waals surface area contributed by atoms with Crippen LogP contribution in [0.3, 0.4) is 0 Å². The van der Waals surface area contributed by atoms with Crippen molar-refractivity contribution in [1.29, 1.82) is 0 Å². The van der Waals surface area contributed by atoms with Crippen molar-refractivity contribution >= 4 is 22.1 Å². The monoisotopic (exact) mass is 362 g/mol. The summed E-state index contributed by atoms with van der Waals surface area (Å²) in [5.41, 5.74) is 0. The minimum Gasteiger partial charge on any atom is -1.00 e. The molecule has 1 atom stereocenters. The van der Waals surface area contributed by atoms with Gasteiger partial charge < -0.3 is 10.9 Å². The summed E-state index contributed by atoms with van der Waals surface area (Å²) in [6.45, 7) is 4.05. The molecule has 1 unspecified atom stereocenters. The fraction of sp³-hybridized carbons (Fsp3) is 0.857. The Morgan fingerprint density at radius 2 is 1.70 bits per heavy atom. The number of esters is 2. The number of methoxy groups -OCH3 is 2. The molecule has 0 amide bonds. The summed E-state index contributed by atoms with van der Waals surface area (Å²) < 4.78 is 39.7. The van der Waals surface area contributed by atoms with Crippen molar-refractivity contribution in [2.75, 3.05) is 14.2 Å². The van der Waals surface area contributed by atoms with E-state index in [0.717, 1.165) is 27.1 Å². The maximum atomic E-state index is 12.0. The van der Waals surface area contributed by atoms with Gasteiger partial charge in [-0.25, -0.2) is 0 Å². The molecule has 0 saturated heterocycles. The number of rotatable bonds is 10. The zero-order valence-corrected chi connectivity index (χ0v) is 17.4. The van der Waals surface area contributed by atoms with Crippen LogP contribution in [0, 0.1) is 5.92 Å². The van der Waals surface area contributed by atoms with Crippen LogP contribution in [0.15, 0.2) is 0 Å². The Kier molecular flexibility index (Phi) is 12.5. The SMILES string of the molecule is CCC(CC)CCCC(CC(=O)OC)(C(=O)OC)S(=O)(=O)O.[H-].[Na+]. The molecule has 0 radical (unpaired) electrons. The van der Waals surface area contributed by atoms with Gasteiger partial charge in [0.2, 0.25) is 4.75 Å². The molecule has 0 fully saturated rings. The topological polar surface area (TPSA) is 107 Å². The summed E-state index contributed by atoms with van der Waals surface area (Å²) in [5.74, 6) is -1.65. The molecular formula is C14H27NaO7S. The van der Waals surface area contributed by atoms with Gasteiger partial charge in [-0.1, -0.05) is 39.5 Å². The van der Waals surface area contributed by atoms with Crippen molar-refractivity contribution in [2.45, 2.75) is 57.1 Å². The molecule has 0 aromatic rings. The van der Waals surface area contributed by atoms with Gasteiger partial charge in [-0.05, 0) is 12.3 Å². The summed E-state index contributed by atoms with van der Waals surface area (Å²) in [6.07, 6.45) is 1.98.